The monoisotopic (exact) mass is 385 g/mol. The van der Waals surface area contributed by atoms with Crippen LogP contribution >= 0.6 is 24.8 Å². The van der Waals surface area contributed by atoms with E-state index in [1.807, 2.05) is 26.5 Å². The fourth-order valence-electron chi connectivity index (χ4n) is 2.82. The number of aryl methyl sites for hydroxylation is 1. The topological polar surface area (TPSA) is 95.3 Å². The van der Waals surface area contributed by atoms with Crippen LogP contribution in [-0.4, -0.2) is 43.6 Å². The van der Waals surface area contributed by atoms with Crippen molar-refractivity contribution in [1.29, 1.82) is 0 Å². The van der Waals surface area contributed by atoms with Crippen LogP contribution in [0.2, 0.25) is 0 Å². The number of hydrogen-bond donors (Lipinski definition) is 2. The van der Waals surface area contributed by atoms with Gasteiger partial charge < -0.3 is 15.8 Å². The molecule has 1 saturated carbocycles. The molecule has 1 fully saturated rings. The lowest BCUT2D eigenvalue weighted by molar-refractivity contribution is 0.0852. The fraction of sp³-hybridized carbons (Fsp3) is 0.400. The molecule has 0 atom stereocenters. The van der Waals surface area contributed by atoms with Gasteiger partial charge in [-0.25, -0.2) is 9.50 Å². The molecule has 10 heteroatoms. The summed E-state index contributed by atoms with van der Waals surface area (Å²) in [6.45, 7) is 0. The van der Waals surface area contributed by atoms with Crippen molar-refractivity contribution in [2.45, 2.75) is 25.0 Å². The van der Waals surface area contributed by atoms with Crippen LogP contribution in [0.15, 0.2) is 24.7 Å². The molecule has 25 heavy (non-hydrogen) atoms. The zero-order chi connectivity index (χ0) is 16.0. The Labute approximate surface area is 157 Å². The summed E-state index contributed by atoms with van der Waals surface area (Å²) in [7, 11) is 3.84. The Morgan fingerprint density at radius 2 is 2.04 bits per heavy atom. The molecule has 0 amide bonds. The minimum absolute atomic E-state index is 0. The van der Waals surface area contributed by atoms with Gasteiger partial charge in [0.1, 0.15) is 17.4 Å². The summed E-state index contributed by atoms with van der Waals surface area (Å²) >= 11 is 0. The number of ether oxygens (including phenoxy) is 1. The van der Waals surface area contributed by atoms with Gasteiger partial charge in [0.25, 0.3) is 0 Å². The third-order valence-corrected chi connectivity index (χ3v) is 4.22. The Balaban J connectivity index is 0.00000113. The van der Waals surface area contributed by atoms with Crippen molar-refractivity contribution in [2.24, 2.45) is 7.05 Å². The van der Waals surface area contributed by atoms with Gasteiger partial charge in [0.05, 0.1) is 18.1 Å². The lowest BCUT2D eigenvalue weighted by atomic mass is 9.89. The largest absolute Gasteiger partial charge is 0.473 e. The number of rotatable bonds is 4. The van der Waals surface area contributed by atoms with Crippen molar-refractivity contribution in [3.63, 3.8) is 0 Å². The molecular weight excluding hydrogens is 365 g/mol. The molecule has 0 saturated heterocycles. The molecule has 4 rings (SSSR count). The van der Waals surface area contributed by atoms with Crippen LogP contribution < -0.4 is 15.8 Å². The molecular formula is C15H21Cl2N7O. The second kappa shape index (κ2) is 7.47. The van der Waals surface area contributed by atoms with Crippen molar-refractivity contribution in [3.8, 4) is 17.1 Å². The summed E-state index contributed by atoms with van der Waals surface area (Å²) in [6.07, 6.45) is 7.64. The van der Waals surface area contributed by atoms with Crippen molar-refractivity contribution in [3.05, 3.63) is 24.7 Å². The first-order valence-electron chi connectivity index (χ1n) is 7.61. The average molecular weight is 386 g/mol. The van der Waals surface area contributed by atoms with Gasteiger partial charge in [-0.3, -0.25) is 4.68 Å². The normalized spacial score (nSPS) is 19.0. The van der Waals surface area contributed by atoms with Crippen LogP contribution in [0.25, 0.3) is 16.8 Å². The zero-order valence-corrected chi connectivity index (χ0v) is 15.5. The molecule has 0 aliphatic heterocycles. The van der Waals surface area contributed by atoms with E-state index in [1.165, 1.54) is 0 Å². The molecule has 1 aliphatic carbocycles. The molecule has 0 aromatic carbocycles. The highest BCUT2D eigenvalue weighted by atomic mass is 35.5. The standard InChI is InChI=1S/C15H19N7O.2ClH/c1-17-10-3-11(4-10)23-15-13-5-14(16)20-22(13)8-12(19-15)9-6-18-21(2)7-9;;/h5-8,10-11,17H,3-4H2,1-2H3,(H2,16,20);2*1H/t10-,11+;;. The molecule has 0 radical (unpaired) electrons. The fourth-order valence-corrected chi connectivity index (χ4v) is 2.82. The van der Waals surface area contributed by atoms with E-state index in [4.69, 9.17) is 10.5 Å². The van der Waals surface area contributed by atoms with Gasteiger partial charge in [-0.15, -0.1) is 24.8 Å². The summed E-state index contributed by atoms with van der Waals surface area (Å²) in [6, 6.07) is 2.30. The van der Waals surface area contributed by atoms with Crippen molar-refractivity contribution < 1.29 is 4.74 Å². The predicted molar refractivity (Wildman–Crippen MR) is 101 cm³/mol. The van der Waals surface area contributed by atoms with E-state index in [1.54, 1.807) is 21.5 Å². The van der Waals surface area contributed by atoms with E-state index in [2.05, 4.69) is 20.5 Å². The van der Waals surface area contributed by atoms with Gasteiger partial charge in [0.15, 0.2) is 0 Å². The number of nitrogens with one attached hydrogen (secondary N) is 1. The molecule has 1 aliphatic rings. The Bertz CT molecular complexity index is 857. The summed E-state index contributed by atoms with van der Waals surface area (Å²) in [5.41, 5.74) is 8.28. The minimum Gasteiger partial charge on any atom is -0.473 e. The first kappa shape index (κ1) is 19.3. The Kier molecular flexibility index (Phi) is 5.76. The van der Waals surface area contributed by atoms with Gasteiger partial charge >= 0.3 is 0 Å². The van der Waals surface area contributed by atoms with Crippen LogP contribution in [0.5, 0.6) is 5.88 Å². The lowest BCUT2D eigenvalue weighted by Crippen LogP contribution is -2.45. The van der Waals surface area contributed by atoms with E-state index in [0.717, 1.165) is 29.6 Å². The summed E-state index contributed by atoms with van der Waals surface area (Å²) in [5.74, 6) is 1.01. The maximum Gasteiger partial charge on any atom is 0.241 e. The molecule has 3 heterocycles. The number of hydrogen-bond acceptors (Lipinski definition) is 6. The Morgan fingerprint density at radius 3 is 2.68 bits per heavy atom. The SMILES string of the molecule is CN[C@H]1C[C@@H](Oc2nc(-c3cnn(C)c3)cn3nc(N)cc23)C1.Cl.Cl. The second-order valence-corrected chi connectivity index (χ2v) is 5.93. The summed E-state index contributed by atoms with van der Waals surface area (Å²) in [5, 5.41) is 11.7. The van der Waals surface area contributed by atoms with Crippen LogP contribution in [0.1, 0.15) is 12.8 Å². The Hall–Kier alpha value is -2.03. The molecule has 3 aromatic heterocycles. The van der Waals surface area contributed by atoms with Crippen LogP contribution in [0, 0.1) is 0 Å². The van der Waals surface area contributed by atoms with Gasteiger partial charge in [-0.05, 0) is 19.9 Å². The van der Waals surface area contributed by atoms with E-state index in [-0.39, 0.29) is 30.9 Å². The highest BCUT2D eigenvalue weighted by molar-refractivity contribution is 5.85. The van der Waals surface area contributed by atoms with Crippen molar-refractivity contribution in [1.82, 2.24) is 29.7 Å². The molecule has 3 N–H and O–H groups in total. The summed E-state index contributed by atoms with van der Waals surface area (Å²) in [4.78, 5) is 4.66. The average Bonchev–Trinajstić information content (AvgIpc) is 3.06. The Morgan fingerprint density at radius 1 is 1.28 bits per heavy atom. The number of anilines is 1. The maximum atomic E-state index is 6.08. The zero-order valence-electron chi connectivity index (χ0n) is 13.9. The van der Waals surface area contributed by atoms with E-state index in [9.17, 15) is 0 Å². The number of nitrogens with two attached hydrogens (primary N) is 1. The van der Waals surface area contributed by atoms with E-state index < -0.39 is 0 Å². The maximum absolute atomic E-state index is 6.08. The number of aromatic nitrogens is 5. The van der Waals surface area contributed by atoms with Gasteiger partial charge in [0.2, 0.25) is 5.88 Å². The van der Waals surface area contributed by atoms with Crippen LogP contribution in [0.4, 0.5) is 5.82 Å². The van der Waals surface area contributed by atoms with Gasteiger partial charge in [0, 0.05) is 30.9 Å². The third kappa shape index (κ3) is 3.65. The number of halogens is 2. The minimum atomic E-state index is 0. The quantitative estimate of drug-likeness (QED) is 0.709. The highest BCUT2D eigenvalue weighted by Gasteiger charge is 2.30. The van der Waals surface area contributed by atoms with E-state index >= 15 is 0 Å². The van der Waals surface area contributed by atoms with Crippen molar-refractivity contribution >= 4 is 36.1 Å². The van der Waals surface area contributed by atoms with Crippen molar-refractivity contribution in [2.75, 3.05) is 12.8 Å². The smallest absolute Gasteiger partial charge is 0.241 e. The number of nitrogen functional groups attached to an aromatic ring is 1. The highest BCUT2D eigenvalue weighted by Crippen LogP contribution is 2.30. The molecule has 8 nitrogen and oxygen atoms in total. The van der Waals surface area contributed by atoms with Gasteiger partial charge in [-0.1, -0.05) is 0 Å². The van der Waals surface area contributed by atoms with E-state index in [0.29, 0.717) is 17.7 Å². The molecule has 0 bridgehead atoms. The molecule has 136 valence electrons. The number of fused-ring (bicyclic) bond motifs is 1. The van der Waals surface area contributed by atoms with Crippen LogP contribution in [-0.2, 0) is 7.05 Å². The molecule has 0 spiro atoms. The van der Waals surface area contributed by atoms with Gasteiger partial charge in [-0.2, -0.15) is 10.2 Å². The predicted octanol–water partition coefficient (Wildman–Crippen LogP) is 1.68. The molecule has 3 aromatic rings. The number of nitrogens with zero attached hydrogens (tertiary/aromatic N) is 5. The first-order valence-corrected chi connectivity index (χ1v) is 7.61. The lowest BCUT2D eigenvalue weighted by Gasteiger charge is -2.34. The first-order chi connectivity index (χ1) is 11.1. The molecule has 0 unspecified atom stereocenters. The second-order valence-electron chi connectivity index (χ2n) is 5.93. The summed E-state index contributed by atoms with van der Waals surface area (Å²) < 4.78 is 9.54. The van der Waals surface area contributed by atoms with Crippen LogP contribution in [0.3, 0.4) is 0 Å². The third-order valence-electron chi connectivity index (χ3n) is 4.22.